The summed E-state index contributed by atoms with van der Waals surface area (Å²) in [5, 5.41) is 1.25. The number of aromatic nitrogens is 1. The van der Waals surface area contributed by atoms with Crippen LogP contribution in [0.25, 0.3) is 17.0 Å². The molecular formula is C18H15BrN+. The molecule has 0 aliphatic carbocycles. The van der Waals surface area contributed by atoms with Gasteiger partial charge in [0.2, 0.25) is 5.52 Å². The van der Waals surface area contributed by atoms with Gasteiger partial charge in [0.15, 0.2) is 12.7 Å². The van der Waals surface area contributed by atoms with Crippen LogP contribution in [0.15, 0.2) is 77.4 Å². The highest BCUT2D eigenvalue weighted by molar-refractivity contribution is 9.10. The van der Waals surface area contributed by atoms with Crippen molar-refractivity contribution in [3.8, 4) is 0 Å². The minimum absolute atomic E-state index is 0.869. The molecule has 0 aliphatic heterocycles. The summed E-state index contributed by atoms with van der Waals surface area (Å²) in [6, 6.07) is 21.0. The van der Waals surface area contributed by atoms with Crippen LogP contribution in [-0.4, -0.2) is 0 Å². The van der Waals surface area contributed by atoms with Crippen molar-refractivity contribution in [3.63, 3.8) is 0 Å². The second-order valence-corrected chi connectivity index (χ2v) is 5.59. The Morgan fingerprint density at radius 1 is 0.950 bits per heavy atom. The molecule has 0 spiro atoms. The fourth-order valence-corrected chi connectivity index (χ4v) is 2.66. The second kappa shape index (κ2) is 6.02. The second-order valence-electron chi connectivity index (χ2n) is 4.68. The van der Waals surface area contributed by atoms with Crippen LogP contribution >= 0.6 is 15.9 Å². The summed E-state index contributed by atoms with van der Waals surface area (Å²) >= 11 is 3.52. The van der Waals surface area contributed by atoms with Crippen molar-refractivity contribution < 1.29 is 4.57 Å². The Bertz CT molecular complexity index is 748. The molecule has 0 saturated heterocycles. The molecule has 0 radical (unpaired) electrons. The van der Waals surface area contributed by atoms with Gasteiger partial charge in [-0.2, -0.15) is 4.57 Å². The van der Waals surface area contributed by atoms with Crippen LogP contribution in [0, 0.1) is 0 Å². The van der Waals surface area contributed by atoms with Crippen LogP contribution in [0.3, 0.4) is 0 Å². The van der Waals surface area contributed by atoms with E-state index >= 15 is 0 Å². The minimum atomic E-state index is 0.869. The standard InChI is InChI=1S/C18H15BrN/c19-17-10-11-18-16(14-17)9-5-13-20(18)12-4-8-15-6-2-1-3-7-15/h1-11,13-14H,12H2/q+1/b8-4+. The highest BCUT2D eigenvalue weighted by Crippen LogP contribution is 2.16. The molecule has 3 aromatic rings. The third kappa shape index (κ3) is 2.97. The van der Waals surface area contributed by atoms with Crippen LogP contribution < -0.4 is 4.57 Å². The summed E-state index contributed by atoms with van der Waals surface area (Å²) in [7, 11) is 0. The third-order valence-electron chi connectivity index (χ3n) is 3.25. The van der Waals surface area contributed by atoms with Gasteiger partial charge in [-0.1, -0.05) is 52.3 Å². The highest BCUT2D eigenvalue weighted by Gasteiger charge is 2.06. The van der Waals surface area contributed by atoms with Crippen LogP contribution in [0.4, 0.5) is 0 Å². The zero-order valence-corrected chi connectivity index (χ0v) is 12.6. The molecule has 1 aromatic heterocycles. The van der Waals surface area contributed by atoms with E-state index in [1.807, 2.05) is 6.07 Å². The van der Waals surface area contributed by atoms with E-state index in [9.17, 15) is 0 Å². The van der Waals surface area contributed by atoms with Crippen molar-refractivity contribution in [1.29, 1.82) is 0 Å². The van der Waals surface area contributed by atoms with Gasteiger partial charge in [-0.15, -0.1) is 0 Å². The summed E-state index contributed by atoms with van der Waals surface area (Å²) in [6.45, 7) is 0.869. The molecule has 3 rings (SSSR count). The lowest BCUT2D eigenvalue weighted by atomic mass is 10.2. The Labute approximate surface area is 127 Å². The maximum atomic E-state index is 3.52. The van der Waals surface area contributed by atoms with Crippen molar-refractivity contribution >= 4 is 32.9 Å². The molecule has 1 nitrogen and oxygen atoms in total. The smallest absolute Gasteiger partial charge is 0.195 e. The minimum Gasteiger partial charge on any atom is -0.195 e. The molecule has 2 heteroatoms. The molecule has 0 aliphatic rings. The first kappa shape index (κ1) is 13.1. The Balaban J connectivity index is 1.86. The molecule has 20 heavy (non-hydrogen) atoms. The summed E-state index contributed by atoms with van der Waals surface area (Å²) < 4.78 is 3.36. The SMILES string of the molecule is Brc1ccc2c(ccc[n+]2C/C=C/c2ccccc2)c1. The van der Waals surface area contributed by atoms with E-state index < -0.39 is 0 Å². The van der Waals surface area contributed by atoms with Gasteiger partial charge < -0.3 is 0 Å². The van der Waals surface area contributed by atoms with Gasteiger partial charge in [-0.05, 0) is 29.8 Å². The number of fused-ring (bicyclic) bond motifs is 1. The monoisotopic (exact) mass is 324 g/mol. The predicted octanol–water partition coefficient (Wildman–Crippen LogP) is 4.60. The van der Waals surface area contributed by atoms with Crippen molar-refractivity contribution in [2.24, 2.45) is 0 Å². The van der Waals surface area contributed by atoms with E-state index in [0.29, 0.717) is 0 Å². The quantitative estimate of drug-likeness (QED) is 0.620. The van der Waals surface area contributed by atoms with Crippen molar-refractivity contribution in [1.82, 2.24) is 0 Å². The van der Waals surface area contributed by atoms with E-state index in [-0.39, 0.29) is 0 Å². The van der Waals surface area contributed by atoms with E-state index in [1.165, 1.54) is 16.5 Å². The zero-order chi connectivity index (χ0) is 13.8. The summed E-state index contributed by atoms with van der Waals surface area (Å²) in [5.74, 6) is 0. The van der Waals surface area contributed by atoms with Crippen LogP contribution in [0.1, 0.15) is 5.56 Å². The number of halogens is 1. The Kier molecular flexibility index (Phi) is 3.93. The lowest BCUT2D eigenvalue weighted by molar-refractivity contribution is -0.660. The van der Waals surface area contributed by atoms with Gasteiger partial charge in [0.25, 0.3) is 0 Å². The molecule has 0 saturated carbocycles. The van der Waals surface area contributed by atoms with Crippen molar-refractivity contribution in [2.45, 2.75) is 6.54 Å². The maximum absolute atomic E-state index is 3.52. The molecule has 0 unspecified atom stereocenters. The number of rotatable bonds is 3. The lowest BCUT2D eigenvalue weighted by Gasteiger charge is -1.99. The maximum Gasteiger partial charge on any atom is 0.212 e. The van der Waals surface area contributed by atoms with Crippen LogP contribution in [0.2, 0.25) is 0 Å². The molecule has 0 amide bonds. The topological polar surface area (TPSA) is 3.88 Å². The largest absolute Gasteiger partial charge is 0.212 e. The molecule has 0 atom stereocenters. The van der Waals surface area contributed by atoms with Gasteiger partial charge in [0.05, 0.1) is 0 Å². The molecule has 0 fully saturated rings. The van der Waals surface area contributed by atoms with E-state index in [1.54, 1.807) is 0 Å². The van der Waals surface area contributed by atoms with Gasteiger partial charge >= 0.3 is 0 Å². The summed E-state index contributed by atoms with van der Waals surface area (Å²) in [4.78, 5) is 0. The first-order valence-electron chi connectivity index (χ1n) is 6.62. The van der Waals surface area contributed by atoms with E-state index in [0.717, 1.165) is 11.0 Å². The Hall–Kier alpha value is -1.93. The van der Waals surface area contributed by atoms with Crippen molar-refractivity contribution in [3.05, 3.63) is 83.0 Å². The molecule has 1 heterocycles. The third-order valence-corrected chi connectivity index (χ3v) is 3.75. The number of hydrogen-bond acceptors (Lipinski definition) is 0. The molecule has 0 N–H and O–H groups in total. The molecule has 0 bridgehead atoms. The van der Waals surface area contributed by atoms with E-state index in [2.05, 4.69) is 93.4 Å². The number of hydrogen-bond donors (Lipinski definition) is 0. The average molecular weight is 325 g/mol. The lowest BCUT2D eigenvalue weighted by Crippen LogP contribution is -2.32. The Morgan fingerprint density at radius 3 is 2.65 bits per heavy atom. The van der Waals surface area contributed by atoms with Crippen LogP contribution in [0.5, 0.6) is 0 Å². The van der Waals surface area contributed by atoms with Gasteiger partial charge in [-0.3, -0.25) is 0 Å². The predicted molar refractivity (Wildman–Crippen MR) is 87.3 cm³/mol. The highest BCUT2D eigenvalue weighted by atomic mass is 79.9. The van der Waals surface area contributed by atoms with Gasteiger partial charge in [0.1, 0.15) is 0 Å². The first-order chi connectivity index (χ1) is 9.83. The summed E-state index contributed by atoms with van der Waals surface area (Å²) in [6.07, 6.45) is 6.47. The first-order valence-corrected chi connectivity index (χ1v) is 7.41. The van der Waals surface area contributed by atoms with E-state index in [4.69, 9.17) is 0 Å². The summed E-state index contributed by atoms with van der Waals surface area (Å²) in [5.41, 5.74) is 2.48. The molecule has 2 aromatic carbocycles. The number of allylic oxidation sites excluding steroid dienone is 1. The molecule has 98 valence electrons. The number of benzene rings is 2. The number of pyridine rings is 1. The normalized spacial score (nSPS) is 11.2. The fourth-order valence-electron chi connectivity index (χ4n) is 2.28. The van der Waals surface area contributed by atoms with Gasteiger partial charge in [0, 0.05) is 22.0 Å². The molecular weight excluding hydrogens is 310 g/mol. The van der Waals surface area contributed by atoms with Gasteiger partial charge in [-0.25, -0.2) is 0 Å². The zero-order valence-electron chi connectivity index (χ0n) is 11.0. The Morgan fingerprint density at radius 2 is 1.80 bits per heavy atom. The van der Waals surface area contributed by atoms with Crippen LogP contribution in [-0.2, 0) is 6.54 Å². The fraction of sp³-hybridized carbons (Fsp3) is 0.0556. The van der Waals surface area contributed by atoms with Crippen molar-refractivity contribution in [2.75, 3.05) is 0 Å². The average Bonchev–Trinajstić information content (AvgIpc) is 2.48. The number of nitrogens with zero attached hydrogens (tertiary/aromatic N) is 1.